The fourth-order valence-corrected chi connectivity index (χ4v) is 5.05. The summed E-state index contributed by atoms with van der Waals surface area (Å²) in [5.74, 6) is -2.10. The van der Waals surface area contributed by atoms with E-state index in [-0.39, 0.29) is 18.2 Å². The zero-order chi connectivity index (χ0) is 33.3. The van der Waals surface area contributed by atoms with E-state index in [4.69, 9.17) is 39.5 Å². The van der Waals surface area contributed by atoms with E-state index < -0.39 is 52.4 Å². The van der Waals surface area contributed by atoms with Crippen molar-refractivity contribution in [3.63, 3.8) is 0 Å². The van der Waals surface area contributed by atoms with Gasteiger partial charge in [0.05, 0.1) is 6.10 Å². The minimum Gasteiger partial charge on any atom is -0.460 e. The molecule has 1 aromatic rings. The number of dihydropyridines is 1. The standard InChI is InChI=1S/C31H42Cl3N5O6/c1-18(2)27(28(42)36-19(3)29(43)39-14-6-9-25(38-39)30(44)45-17-31(32,33)34)37-26(41)13-11-21-10-12-24(35-16-21)23-8-5-7-22(15-23)20(4)40/h5,7-8,10,12,15,18-20,25,27,35,38,40H,6,9,11,13-14,16-17H2,1-4H3,(H,36,42)(H,37,41)/t19?,20-,25?,27+/m1/s1. The summed E-state index contributed by atoms with van der Waals surface area (Å²) in [5.41, 5.74) is 6.60. The number of nitrogens with zero attached hydrogens (tertiary/aromatic N) is 1. The van der Waals surface area contributed by atoms with Crippen molar-refractivity contribution in [3.05, 3.63) is 53.1 Å². The van der Waals surface area contributed by atoms with Gasteiger partial charge in [-0.1, -0.05) is 78.5 Å². The number of hydrazine groups is 1. The lowest BCUT2D eigenvalue weighted by Crippen LogP contribution is -2.61. The molecule has 11 nitrogen and oxygen atoms in total. The third kappa shape index (κ3) is 11.5. The van der Waals surface area contributed by atoms with Crippen LogP contribution in [0.25, 0.3) is 5.70 Å². The fourth-order valence-electron chi connectivity index (χ4n) is 4.89. The Kier molecular flexibility index (Phi) is 13.6. The molecule has 248 valence electrons. The molecule has 14 heteroatoms. The van der Waals surface area contributed by atoms with Crippen molar-refractivity contribution in [2.24, 2.45) is 5.92 Å². The van der Waals surface area contributed by atoms with Crippen LogP contribution in [0, 0.1) is 5.92 Å². The van der Waals surface area contributed by atoms with Crippen LogP contribution in [-0.4, -0.2) is 75.4 Å². The van der Waals surface area contributed by atoms with Crippen LogP contribution in [0.2, 0.25) is 0 Å². The highest BCUT2D eigenvalue weighted by Crippen LogP contribution is 2.26. The quantitative estimate of drug-likeness (QED) is 0.166. The zero-order valence-electron chi connectivity index (χ0n) is 25.9. The highest BCUT2D eigenvalue weighted by atomic mass is 35.6. The lowest BCUT2D eigenvalue weighted by Gasteiger charge is -2.34. The fraction of sp³-hybridized carbons (Fsp3) is 0.548. The van der Waals surface area contributed by atoms with Crippen molar-refractivity contribution in [1.82, 2.24) is 26.4 Å². The normalized spacial score (nSPS) is 19.0. The van der Waals surface area contributed by atoms with Crippen molar-refractivity contribution in [2.45, 2.75) is 81.4 Å². The number of nitrogens with one attached hydrogen (secondary N) is 4. The van der Waals surface area contributed by atoms with Gasteiger partial charge in [0, 0.05) is 25.2 Å². The molecule has 1 fully saturated rings. The molecular formula is C31H42Cl3N5O6. The van der Waals surface area contributed by atoms with Crippen LogP contribution in [0.4, 0.5) is 0 Å². The zero-order valence-corrected chi connectivity index (χ0v) is 28.1. The molecule has 2 heterocycles. The number of hydrogen-bond acceptors (Lipinski definition) is 8. The second-order valence-electron chi connectivity index (χ2n) is 11.6. The highest BCUT2D eigenvalue weighted by molar-refractivity contribution is 6.67. The van der Waals surface area contributed by atoms with E-state index in [0.717, 1.165) is 22.4 Å². The summed E-state index contributed by atoms with van der Waals surface area (Å²) in [6, 6.07) is 5.10. The molecule has 2 aliphatic rings. The molecule has 0 aromatic heterocycles. The van der Waals surface area contributed by atoms with Gasteiger partial charge in [0.2, 0.25) is 15.6 Å². The van der Waals surface area contributed by atoms with E-state index in [1.165, 1.54) is 11.9 Å². The molecule has 0 bridgehead atoms. The average Bonchev–Trinajstić information content (AvgIpc) is 3.00. The summed E-state index contributed by atoms with van der Waals surface area (Å²) in [4.78, 5) is 51.4. The predicted octanol–water partition coefficient (Wildman–Crippen LogP) is 3.45. The number of rotatable bonds is 12. The maximum absolute atomic E-state index is 13.1. The van der Waals surface area contributed by atoms with Gasteiger partial charge in [0.1, 0.15) is 24.7 Å². The van der Waals surface area contributed by atoms with Crippen LogP contribution in [0.1, 0.15) is 70.6 Å². The van der Waals surface area contributed by atoms with E-state index in [9.17, 15) is 24.3 Å². The van der Waals surface area contributed by atoms with Crippen molar-refractivity contribution < 1.29 is 29.0 Å². The number of ether oxygens (including phenoxy) is 1. The number of alkyl halides is 3. The van der Waals surface area contributed by atoms with Gasteiger partial charge in [-0.2, -0.15) is 0 Å². The lowest BCUT2D eigenvalue weighted by molar-refractivity contribution is -0.152. The summed E-state index contributed by atoms with van der Waals surface area (Å²) in [7, 11) is 0. The number of esters is 1. The van der Waals surface area contributed by atoms with Gasteiger partial charge in [-0.3, -0.25) is 24.2 Å². The largest absolute Gasteiger partial charge is 0.460 e. The number of benzene rings is 1. The van der Waals surface area contributed by atoms with Crippen LogP contribution in [0.3, 0.4) is 0 Å². The minimum absolute atomic E-state index is 0.187. The Morgan fingerprint density at radius 1 is 1.11 bits per heavy atom. The number of allylic oxidation sites excluding steroid dienone is 2. The van der Waals surface area contributed by atoms with E-state index >= 15 is 0 Å². The first kappa shape index (κ1) is 36.6. The average molecular weight is 687 g/mol. The number of amides is 3. The van der Waals surface area contributed by atoms with Gasteiger partial charge < -0.3 is 25.8 Å². The van der Waals surface area contributed by atoms with Gasteiger partial charge in [-0.25, -0.2) is 5.43 Å². The third-order valence-corrected chi connectivity index (χ3v) is 7.78. The van der Waals surface area contributed by atoms with Crippen molar-refractivity contribution in [3.8, 4) is 0 Å². The van der Waals surface area contributed by atoms with Crippen molar-refractivity contribution in [2.75, 3.05) is 19.7 Å². The van der Waals surface area contributed by atoms with E-state index in [1.54, 1.807) is 6.92 Å². The first-order valence-electron chi connectivity index (χ1n) is 15.0. The first-order valence-corrected chi connectivity index (χ1v) is 16.1. The van der Waals surface area contributed by atoms with Crippen LogP contribution >= 0.6 is 34.8 Å². The number of carbonyl (C=O) groups excluding carboxylic acids is 4. The van der Waals surface area contributed by atoms with Crippen LogP contribution < -0.4 is 21.4 Å². The Labute approximate surface area is 279 Å². The molecule has 0 spiro atoms. The van der Waals surface area contributed by atoms with E-state index in [0.29, 0.717) is 32.4 Å². The Hall–Kier alpha value is -2.83. The molecule has 1 aromatic carbocycles. The summed E-state index contributed by atoms with van der Waals surface area (Å²) in [6.45, 7) is 7.35. The first-order chi connectivity index (χ1) is 21.1. The molecule has 5 N–H and O–H groups in total. The number of aliphatic hydroxyl groups excluding tert-OH is 1. The van der Waals surface area contributed by atoms with Gasteiger partial charge in [-0.05, 0) is 62.3 Å². The van der Waals surface area contributed by atoms with E-state index in [1.807, 2.05) is 50.3 Å². The summed E-state index contributed by atoms with van der Waals surface area (Å²) in [6.07, 6.45) is 5.01. The molecule has 0 radical (unpaired) electrons. The molecule has 3 amide bonds. The Morgan fingerprint density at radius 3 is 2.47 bits per heavy atom. The predicted molar refractivity (Wildman–Crippen MR) is 174 cm³/mol. The number of hydrogen-bond donors (Lipinski definition) is 5. The van der Waals surface area contributed by atoms with Gasteiger partial charge in [0.15, 0.2) is 0 Å². The molecule has 2 unspecified atom stereocenters. The smallest absolute Gasteiger partial charge is 0.325 e. The summed E-state index contributed by atoms with van der Waals surface area (Å²) < 4.78 is 3.27. The third-order valence-electron chi connectivity index (χ3n) is 7.45. The van der Waals surface area contributed by atoms with Crippen LogP contribution in [0.5, 0.6) is 0 Å². The Bertz CT molecular complexity index is 1300. The minimum atomic E-state index is -1.75. The number of carbonyl (C=O) groups is 4. The van der Waals surface area contributed by atoms with Gasteiger partial charge >= 0.3 is 5.97 Å². The topological polar surface area (TPSA) is 149 Å². The SMILES string of the molecule is CC(NC(=O)[C@@H](NC(=O)CCC1=CC=C(c2cccc([C@@H](C)O)c2)NC1)C(C)C)C(=O)N1CCCC(C(=O)OCC(Cl)(Cl)Cl)N1. The maximum atomic E-state index is 13.1. The van der Waals surface area contributed by atoms with E-state index in [2.05, 4.69) is 21.4 Å². The molecular weight excluding hydrogens is 645 g/mol. The second kappa shape index (κ2) is 16.6. The molecule has 3 rings (SSSR count). The van der Waals surface area contributed by atoms with Gasteiger partial charge in [-0.15, -0.1) is 0 Å². The molecule has 2 aliphatic heterocycles. The van der Waals surface area contributed by atoms with Gasteiger partial charge in [0.25, 0.3) is 5.91 Å². The molecule has 1 saturated heterocycles. The molecule has 45 heavy (non-hydrogen) atoms. The Morgan fingerprint density at radius 2 is 1.84 bits per heavy atom. The molecule has 0 saturated carbocycles. The highest BCUT2D eigenvalue weighted by Gasteiger charge is 2.34. The molecule has 0 aliphatic carbocycles. The number of aliphatic hydroxyl groups is 1. The number of halogens is 3. The van der Waals surface area contributed by atoms with Crippen molar-refractivity contribution in [1.29, 1.82) is 0 Å². The maximum Gasteiger partial charge on any atom is 0.325 e. The summed E-state index contributed by atoms with van der Waals surface area (Å²) >= 11 is 16.9. The van der Waals surface area contributed by atoms with Crippen molar-refractivity contribution >= 4 is 64.2 Å². The monoisotopic (exact) mass is 685 g/mol. The molecule has 4 atom stereocenters. The van der Waals surface area contributed by atoms with Crippen LogP contribution in [-0.2, 0) is 23.9 Å². The lowest BCUT2D eigenvalue weighted by atomic mass is 10.0. The Balaban J connectivity index is 1.50. The summed E-state index contributed by atoms with van der Waals surface area (Å²) in [5, 5.41) is 20.0. The second-order valence-corrected chi connectivity index (χ2v) is 14.1. The van der Waals surface area contributed by atoms with Crippen LogP contribution in [0.15, 0.2) is 42.0 Å².